The summed E-state index contributed by atoms with van der Waals surface area (Å²) in [6.07, 6.45) is 7.22. The van der Waals surface area contributed by atoms with Crippen LogP contribution in [0.5, 0.6) is 5.75 Å². The van der Waals surface area contributed by atoms with Gasteiger partial charge in [-0.2, -0.15) is 0 Å². The highest BCUT2D eigenvalue weighted by Gasteiger charge is 2.41. The first-order valence-corrected chi connectivity index (χ1v) is 13.5. The molecule has 8 nitrogen and oxygen atoms in total. The molecule has 2 aromatic carbocycles. The highest BCUT2D eigenvalue weighted by molar-refractivity contribution is 6.30. The highest BCUT2D eigenvalue weighted by atomic mass is 35.5. The van der Waals surface area contributed by atoms with Crippen LogP contribution in [0.4, 0.5) is 0 Å². The molecule has 9 heteroatoms. The van der Waals surface area contributed by atoms with Crippen LogP contribution in [0, 0.1) is 0 Å². The summed E-state index contributed by atoms with van der Waals surface area (Å²) in [6, 6.07) is 13.2. The number of amides is 3. The topological polar surface area (TPSA) is 109 Å². The molecule has 4 N–H and O–H groups in total. The number of nitrogens with one attached hydrogen (secondary N) is 4. The molecule has 1 fully saturated rings. The molecule has 0 radical (unpaired) electrons. The van der Waals surface area contributed by atoms with E-state index in [-0.39, 0.29) is 24.8 Å². The lowest BCUT2D eigenvalue weighted by molar-refractivity contribution is -0.134. The number of ether oxygens (including phenoxy) is 1. The molecule has 2 aliphatic rings. The van der Waals surface area contributed by atoms with Crippen molar-refractivity contribution in [3.8, 4) is 5.75 Å². The predicted octanol–water partition coefficient (Wildman–Crippen LogP) is 3.00. The summed E-state index contributed by atoms with van der Waals surface area (Å²) in [4.78, 5) is 39.6. The second-order valence-electron chi connectivity index (χ2n) is 9.84. The quantitative estimate of drug-likeness (QED) is 0.470. The average molecular weight is 539 g/mol. The molecule has 1 heterocycles. The smallest absolute Gasteiger partial charge is 0.243 e. The van der Waals surface area contributed by atoms with Crippen LogP contribution in [0.3, 0.4) is 0 Å². The third-order valence-electron chi connectivity index (χ3n) is 7.03. The maximum Gasteiger partial charge on any atom is 0.243 e. The Bertz CT molecular complexity index is 1180. The van der Waals surface area contributed by atoms with Crippen molar-refractivity contribution in [2.24, 2.45) is 0 Å². The van der Waals surface area contributed by atoms with Gasteiger partial charge in [-0.3, -0.25) is 19.7 Å². The maximum atomic E-state index is 13.4. The second-order valence-corrected chi connectivity index (χ2v) is 10.3. The second kappa shape index (κ2) is 12.9. The Morgan fingerprint density at radius 3 is 2.58 bits per heavy atom. The van der Waals surface area contributed by atoms with Gasteiger partial charge in [0, 0.05) is 30.1 Å². The van der Waals surface area contributed by atoms with Gasteiger partial charge in [-0.15, -0.1) is 0 Å². The fraction of sp³-hybridized carbons (Fsp3) is 0.414. The molecule has 2 aromatic rings. The fourth-order valence-electron chi connectivity index (χ4n) is 4.94. The Labute approximate surface area is 228 Å². The standard InChI is InChI=1S/C29H35ClN4O4/c1-20-26(35)34-24(19-21-8-6-11-23(30)18-21)27(36)31-15-7-10-22-9-2-3-12-25(22)38-17-16-32-29(28(37)33-20)13-4-5-14-29/h2-3,6-12,18,20,24,32H,4-5,13-17,19H2,1H3,(H,31,36)(H,33,37)(H,34,35)/t20-,24-/m1/s1. The Kier molecular flexibility index (Phi) is 9.42. The number of hydrogen-bond acceptors (Lipinski definition) is 5. The van der Waals surface area contributed by atoms with Crippen molar-refractivity contribution in [2.75, 3.05) is 19.7 Å². The van der Waals surface area contributed by atoms with Crippen LogP contribution < -0.4 is 26.0 Å². The van der Waals surface area contributed by atoms with Crippen molar-refractivity contribution in [1.82, 2.24) is 21.3 Å². The van der Waals surface area contributed by atoms with Crippen molar-refractivity contribution in [3.05, 3.63) is 70.8 Å². The number of hydrogen-bond donors (Lipinski definition) is 4. The molecular weight excluding hydrogens is 504 g/mol. The van der Waals surface area contributed by atoms with E-state index in [2.05, 4.69) is 21.3 Å². The minimum absolute atomic E-state index is 0.210. The van der Waals surface area contributed by atoms with Crippen LogP contribution in [0.2, 0.25) is 5.02 Å². The molecule has 1 spiro atoms. The largest absolute Gasteiger partial charge is 0.492 e. The summed E-state index contributed by atoms with van der Waals surface area (Å²) in [7, 11) is 0. The Morgan fingerprint density at radius 2 is 1.79 bits per heavy atom. The van der Waals surface area contributed by atoms with Gasteiger partial charge < -0.3 is 20.7 Å². The Hall–Kier alpha value is -3.36. The average Bonchev–Trinajstić information content (AvgIpc) is 3.39. The lowest BCUT2D eigenvalue weighted by atomic mass is 9.95. The molecule has 0 aromatic heterocycles. The van der Waals surface area contributed by atoms with E-state index < -0.39 is 23.5 Å². The molecule has 3 amide bonds. The van der Waals surface area contributed by atoms with E-state index >= 15 is 0 Å². The zero-order valence-electron chi connectivity index (χ0n) is 21.6. The molecule has 1 aliphatic heterocycles. The SMILES string of the molecule is C[C@H]1NC(=O)C2(CCCC2)NCCOc2ccccc2C=CCNC(=O)[C@@H](Cc2cccc(Cl)c2)NC1=O. The minimum atomic E-state index is -0.846. The zero-order valence-corrected chi connectivity index (χ0v) is 22.4. The van der Waals surface area contributed by atoms with Crippen molar-refractivity contribution in [3.63, 3.8) is 0 Å². The number of fused-ring (bicyclic) bond motifs is 1. The lowest BCUT2D eigenvalue weighted by Gasteiger charge is -2.31. The van der Waals surface area contributed by atoms with Gasteiger partial charge in [0.25, 0.3) is 0 Å². The van der Waals surface area contributed by atoms with Crippen LogP contribution in [0.25, 0.3) is 6.08 Å². The van der Waals surface area contributed by atoms with E-state index in [4.69, 9.17) is 16.3 Å². The van der Waals surface area contributed by atoms with Crippen LogP contribution in [-0.4, -0.2) is 55.0 Å². The molecule has 0 bridgehead atoms. The van der Waals surface area contributed by atoms with Gasteiger partial charge in [-0.05, 0) is 43.5 Å². The highest BCUT2D eigenvalue weighted by Crippen LogP contribution is 2.30. The minimum Gasteiger partial charge on any atom is -0.492 e. The number of para-hydroxylation sites is 1. The van der Waals surface area contributed by atoms with Crippen molar-refractivity contribution < 1.29 is 19.1 Å². The summed E-state index contributed by atoms with van der Waals surface area (Å²) in [6.45, 7) is 2.78. The van der Waals surface area contributed by atoms with E-state index in [1.165, 1.54) is 0 Å². The molecule has 1 aliphatic carbocycles. The fourth-order valence-corrected chi connectivity index (χ4v) is 5.15. The number of benzene rings is 2. The zero-order chi connectivity index (χ0) is 27.0. The van der Waals surface area contributed by atoms with Gasteiger partial charge in [0.15, 0.2) is 0 Å². The summed E-state index contributed by atoms with van der Waals surface area (Å²) < 4.78 is 6.02. The van der Waals surface area contributed by atoms with Crippen LogP contribution in [0.1, 0.15) is 43.7 Å². The van der Waals surface area contributed by atoms with Crippen molar-refractivity contribution in [1.29, 1.82) is 0 Å². The molecular formula is C29H35ClN4O4. The van der Waals surface area contributed by atoms with Gasteiger partial charge in [0.2, 0.25) is 17.7 Å². The first kappa shape index (κ1) is 27.7. The maximum absolute atomic E-state index is 13.4. The lowest BCUT2D eigenvalue weighted by Crippen LogP contribution is -2.60. The molecule has 2 atom stereocenters. The predicted molar refractivity (Wildman–Crippen MR) is 148 cm³/mol. The molecule has 0 saturated heterocycles. The molecule has 202 valence electrons. The van der Waals surface area contributed by atoms with Gasteiger partial charge >= 0.3 is 0 Å². The molecule has 38 heavy (non-hydrogen) atoms. The van der Waals surface area contributed by atoms with Gasteiger partial charge in [-0.1, -0.05) is 66.9 Å². The van der Waals surface area contributed by atoms with E-state index in [1.807, 2.05) is 42.5 Å². The third-order valence-corrected chi connectivity index (χ3v) is 7.26. The first-order chi connectivity index (χ1) is 18.4. The van der Waals surface area contributed by atoms with E-state index in [1.54, 1.807) is 25.1 Å². The van der Waals surface area contributed by atoms with Crippen LogP contribution >= 0.6 is 11.6 Å². The molecule has 1 saturated carbocycles. The number of carbonyl (C=O) groups excluding carboxylic acids is 3. The van der Waals surface area contributed by atoms with Gasteiger partial charge in [0.1, 0.15) is 24.4 Å². The van der Waals surface area contributed by atoms with E-state index in [0.29, 0.717) is 31.0 Å². The first-order valence-electron chi connectivity index (χ1n) is 13.1. The summed E-state index contributed by atoms with van der Waals surface area (Å²) >= 11 is 6.14. The molecule has 0 unspecified atom stereocenters. The van der Waals surface area contributed by atoms with Crippen LogP contribution in [0.15, 0.2) is 54.6 Å². The Morgan fingerprint density at radius 1 is 1.00 bits per heavy atom. The Balaban J connectivity index is 1.58. The van der Waals surface area contributed by atoms with Crippen molar-refractivity contribution >= 4 is 35.4 Å². The number of carbonyl (C=O) groups is 3. The normalized spacial score (nSPS) is 22.8. The molecule has 4 rings (SSSR count). The monoisotopic (exact) mass is 538 g/mol. The summed E-state index contributed by atoms with van der Waals surface area (Å²) in [5, 5.41) is 12.5. The van der Waals surface area contributed by atoms with E-state index in [0.717, 1.165) is 29.7 Å². The number of rotatable bonds is 2. The van der Waals surface area contributed by atoms with E-state index in [9.17, 15) is 14.4 Å². The third kappa shape index (κ3) is 7.14. The number of halogens is 1. The van der Waals surface area contributed by atoms with Crippen molar-refractivity contribution in [2.45, 2.75) is 56.7 Å². The van der Waals surface area contributed by atoms with Crippen LogP contribution in [-0.2, 0) is 20.8 Å². The summed E-state index contributed by atoms with van der Waals surface area (Å²) in [5.41, 5.74) is 0.946. The van der Waals surface area contributed by atoms with Gasteiger partial charge in [-0.25, -0.2) is 0 Å². The van der Waals surface area contributed by atoms with Gasteiger partial charge in [0.05, 0.1) is 5.54 Å². The summed E-state index contributed by atoms with van der Waals surface area (Å²) in [5.74, 6) is -0.246.